The zero-order chi connectivity index (χ0) is 13.9. The number of rotatable bonds is 3. The summed E-state index contributed by atoms with van der Waals surface area (Å²) in [5, 5.41) is 12.7. The lowest BCUT2D eigenvalue weighted by molar-refractivity contribution is 0.0716. The van der Waals surface area contributed by atoms with Gasteiger partial charge in [0.1, 0.15) is 0 Å². The Morgan fingerprint density at radius 1 is 1.37 bits per heavy atom. The van der Waals surface area contributed by atoms with Crippen molar-refractivity contribution in [2.45, 2.75) is 45.1 Å². The number of carbonyl (C=O) groups excluding carboxylic acids is 1. The number of carbonyl (C=O) groups is 1. The van der Waals surface area contributed by atoms with E-state index in [2.05, 4.69) is 12.2 Å². The molecular formula is C16H23NO2. The molecule has 0 aromatic heterocycles. The number of nitrogens with one attached hydrogen (secondary N) is 1. The molecule has 1 aromatic carbocycles. The molecule has 2 rings (SSSR count). The van der Waals surface area contributed by atoms with Crippen LogP contribution >= 0.6 is 0 Å². The normalized spacial score (nSPS) is 27.0. The van der Waals surface area contributed by atoms with Crippen LogP contribution in [0.5, 0.6) is 0 Å². The Morgan fingerprint density at radius 2 is 2.00 bits per heavy atom. The summed E-state index contributed by atoms with van der Waals surface area (Å²) >= 11 is 0. The van der Waals surface area contributed by atoms with Gasteiger partial charge in [-0.2, -0.15) is 0 Å². The van der Waals surface area contributed by atoms with Crippen LogP contribution in [-0.4, -0.2) is 23.2 Å². The number of aliphatic hydroxyl groups excluding tert-OH is 1. The van der Waals surface area contributed by atoms with Crippen LogP contribution in [0.25, 0.3) is 0 Å². The van der Waals surface area contributed by atoms with E-state index < -0.39 is 5.54 Å². The van der Waals surface area contributed by atoms with Gasteiger partial charge in [-0.05, 0) is 50.2 Å². The smallest absolute Gasteiger partial charge is 0.252 e. The zero-order valence-electron chi connectivity index (χ0n) is 11.8. The topological polar surface area (TPSA) is 49.3 Å². The van der Waals surface area contributed by atoms with Crippen LogP contribution in [0.4, 0.5) is 0 Å². The molecule has 1 aromatic rings. The molecule has 0 atom stereocenters. The maximum absolute atomic E-state index is 12.4. The average molecular weight is 261 g/mol. The summed E-state index contributed by atoms with van der Waals surface area (Å²) in [7, 11) is 0. The third-order valence-electron chi connectivity index (χ3n) is 4.30. The Hall–Kier alpha value is -1.35. The third-order valence-corrected chi connectivity index (χ3v) is 4.30. The largest absolute Gasteiger partial charge is 0.394 e. The van der Waals surface area contributed by atoms with Gasteiger partial charge in [0.15, 0.2) is 0 Å². The van der Waals surface area contributed by atoms with Gasteiger partial charge in [-0.1, -0.05) is 25.1 Å². The van der Waals surface area contributed by atoms with Crippen molar-refractivity contribution in [3.05, 3.63) is 35.4 Å². The number of hydrogen-bond donors (Lipinski definition) is 2. The fourth-order valence-electron chi connectivity index (χ4n) is 2.77. The molecule has 0 saturated heterocycles. The molecule has 1 amide bonds. The van der Waals surface area contributed by atoms with Crippen molar-refractivity contribution in [3.8, 4) is 0 Å². The van der Waals surface area contributed by atoms with Crippen LogP contribution in [0.2, 0.25) is 0 Å². The molecule has 1 saturated carbocycles. The first-order valence-electron chi connectivity index (χ1n) is 7.05. The monoisotopic (exact) mass is 261 g/mol. The minimum absolute atomic E-state index is 0.0251. The van der Waals surface area contributed by atoms with Crippen molar-refractivity contribution in [2.24, 2.45) is 5.92 Å². The Bertz CT molecular complexity index is 448. The van der Waals surface area contributed by atoms with Crippen molar-refractivity contribution in [2.75, 3.05) is 6.61 Å². The van der Waals surface area contributed by atoms with E-state index >= 15 is 0 Å². The molecule has 1 aliphatic carbocycles. The highest BCUT2D eigenvalue weighted by Crippen LogP contribution is 2.31. The molecule has 104 valence electrons. The maximum Gasteiger partial charge on any atom is 0.252 e. The van der Waals surface area contributed by atoms with Gasteiger partial charge in [0, 0.05) is 5.56 Å². The molecule has 3 nitrogen and oxygen atoms in total. The molecule has 0 aliphatic heterocycles. The van der Waals surface area contributed by atoms with Crippen LogP contribution in [0.15, 0.2) is 24.3 Å². The molecular weight excluding hydrogens is 238 g/mol. The second-order valence-corrected chi connectivity index (χ2v) is 5.89. The van der Waals surface area contributed by atoms with Gasteiger partial charge in [0.2, 0.25) is 0 Å². The van der Waals surface area contributed by atoms with Crippen LogP contribution in [0.1, 0.15) is 48.5 Å². The van der Waals surface area contributed by atoms with Crippen LogP contribution in [-0.2, 0) is 0 Å². The Morgan fingerprint density at radius 3 is 2.58 bits per heavy atom. The molecule has 0 heterocycles. The predicted octanol–water partition coefficient (Wildman–Crippen LogP) is 2.67. The predicted molar refractivity (Wildman–Crippen MR) is 76.1 cm³/mol. The zero-order valence-corrected chi connectivity index (χ0v) is 11.8. The Balaban J connectivity index is 2.11. The van der Waals surface area contributed by atoms with Crippen molar-refractivity contribution < 1.29 is 9.90 Å². The van der Waals surface area contributed by atoms with E-state index in [0.29, 0.717) is 11.5 Å². The standard InChI is InChI=1S/C16H23NO2/c1-12-7-9-16(11-18,10-8-12)17-15(19)14-6-4-3-5-13(14)2/h3-6,12,18H,7-11H2,1-2H3,(H,17,19). The molecule has 0 radical (unpaired) electrons. The van der Waals surface area contributed by atoms with Gasteiger partial charge in [-0.3, -0.25) is 4.79 Å². The van der Waals surface area contributed by atoms with E-state index in [0.717, 1.165) is 31.2 Å². The van der Waals surface area contributed by atoms with Gasteiger partial charge in [0.25, 0.3) is 5.91 Å². The molecule has 1 aliphatic rings. The van der Waals surface area contributed by atoms with Gasteiger partial charge < -0.3 is 10.4 Å². The second kappa shape index (κ2) is 5.74. The molecule has 3 heteroatoms. The van der Waals surface area contributed by atoms with E-state index in [4.69, 9.17) is 0 Å². The van der Waals surface area contributed by atoms with E-state index in [-0.39, 0.29) is 12.5 Å². The first kappa shape index (κ1) is 14.1. The first-order valence-corrected chi connectivity index (χ1v) is 7.05. The summed E-state index contributed by atoms with van der Waals surface area (Å²) in [6.07, 6.45) is 3.85. The maximum atomic E-state index is 12.4. The Labute approximate surface area is 115 Å². The highest BCUT2D eigenvalue weighted by molar-refractivity contribution is 5.96. The van der Waals surface area contributed by atoms with Gasteiger partial charge in [-0.25, -0.2) is 0 Å². The van der Waals surface area contributed by atoms with E-state index in [1.165, 1.54) is 0 Å². The lowest BCUT2D eigenvalue weighted by Gasteiger charge is -2.38. The van der Waals surface area contributed by atoms with Crippen LogP contribution < -0.4 is 5.32 Å². The molecule has 1 fully saturated rings. The summed E-state index contributed by atoms with van der Waals surface area (Å²) in [6, 6.07) is 7.57. The summed E-state index contributed by atoms with van der Waals surface area (Å²) in [5.41, 5.74) is 1.25. The number of aryl methyl sites for hydroxylation is 1. The highest BCUT2D eigenvalue weighted by atomic mass is 16.3. The van der Waals surface area contributed by atoms with Crippen LogP contribution in [0.3, 0.4) is 0 Å². The number of hydrogen-bond acceptors (Lipinski definition) is 2. The van der Waals surface area contributed by atoms with E-state index in [1.807, 2.05) is 31.2 Å². The highest BCUT2D eigenvalue weighted by Gasteiger charge is 2.35. The minimum atomic E-state index is -0.425. The fraction of sp³-hybridized carbons (Fsp3) is 0.562. The quantitative estimate of drug-likeness (QED) is 0.879. The molecule has 0 spiro atoms. The summed E-state index contributed by atoms with van der Waals surface area (Å²) in [4.78, 5) is 12.4. The number of benzene rings is 1. The lowest BCUT2D eigenvalue weighted by atomic mass is 9.77. The van der Waals surface area contributed by atoms with Gasteiger partial charge >= 0.3 is 0 Å². The molecule has 2 N–H and O–H groups in total. The molecule has 19 heavy (non-hydrogen) atoms. The van der Waals surface area contributed by atoms with Crippen molar-refractivity contribution in [3.63, 3.8) is 0 Å². The fourth-order valence-corrected chi connectivity index (χ4v) is 2.77. The second-order valence-electron chi connectivity index (χ2n) is 5.89. The minimum Gasteiger partial charge on any atom is -0.394 e. The summed E-state index contributed by atoms with van der Waals surface area (Å²) in [5.74, 6) is 0.622. The van der Waals surface area contributed by atoms with E-state index in [9.17, 15) is 9.90 Å². The summed E-state index contributed by atoms with van der Waals surface area (Å²) in [6.45, 7) is 4.19. The third kappa shape index (κ3) is 3.16. The summed E-state index contributed by atoms with van der Waals surface area (Å²) < 4.78 is 0. The average Bonchev–Trinajstić information content (AvgIpc) is 2.42. The lowest BCUT2D eigenvalue weighted by Crippen LogP contribution is -2.53. The Kier molecular flexibility index (Phi) is 4.25. The van der Waals surface area contributed by atoms with Crippen molar-refractivity contribution in [1.82, 2.24) is 5.32 Å². The SMILES string of the molecule is Cc1ccccc1C(=O)NC1(CO)CCC(C)CC1. The number of aliphatic hydroxyl groups is 1. The first-order chi connectivity index (χ1) is 9.06. The van der Waals surface area contributed by atoms with Crippen LogP contribution in [0, 0.1) is 12.8 Å². The molecule has 0 unspecified atom stereocenters. The van der Waals surface area contributed by atoms with Crippen molar-refractivity contribution >= 4 is 5.91 Å². The van der Waals surface area contributed by atoms with Gasteiger partial charge in [0.05, 0.1) is 12.1 Å². The van der Waals surface area contributed by atoms with Crippen molar-refractivity contribution in [1.29, 1.82) is 0 Å². The molecule has 0 bridgehead atoms. The number of amides is 1. The van der Waals surface area contributed by atoms with E-state index in [1.54, 1.807) is 0 Å². The van der Waals surface area contributed by atoms with Gasteiger partial charge in [-0.15, -0.1) is 0 Å².